The third-order valence-electron chi connectivity index (χ3n) is 2.28. The minimum atomic E-state index is -0.989. The van der Waals surface area contributed by atoms with Crippen molar-refractivity contribution in [1.82, 2.24) is 14.4 Å². The second kappa shape index (κ2) is 4.07. The number of hydrogen-bond acceptors (Lipinski definition) is 4. The van der Waals surface area contributed by atoms with Crippen LogP contribution in [0.4, 0.5) is 0 Å². The van der Waals surface area contributed by atoms with Gasteiger partial charge in [-0.1, -0.05) is 11.6 Å². The Balaban J connectivity index is 2.59. The number of carboxylic acids is 1. The molecule has 6 nitrogen and oxygen atoms in total. The number of halogens is 1. The number of carboxylic acid groups (broad SMARTS) is 1. The van der Waals surface area contributed by atoms with Crippen molar-refractivity contribution in [2.75, 3.05) is 6.54 Å². The van der Waals surface area contributed by atoms with Gasteiger partial charge in [0, 0.05) is 12.7 Å². The van der Waals surface area contributed by atoms with Crippen LogP contribution in [-0.4, -0.2) is 32.0 Å². The molecular weight excluding hydrogens is 232 g/mol. The predicted molar refractivity (Wildman–Crippen MR) is 57.4 cm³/mol. The Morgan fingerprint density at radius 3 is 2.94 bits per heavy atom. The third-order valence-corrected chi connectivity index (χ3v) is 2.48. The lowest BCUT2D eigenvalue weighted by Gasteiger charge is -2.08. The van der Waals surface area contributed by atoms with Gasteiger partial charge in [-0.15, -0.1) is 0 Å². The Hall–Kier alpha value is -1.66. The van der Waals surface area contributed by atoms with Crippen molar-refractivity contribution in [3.8, 4) is 0 Å². The highest BCUT2D eigenvalue weighted by Crippen LogP contribution is 2.18. The first-order valence-corrected chi connectivity index (χ1v) is 4.92. The lowest BCUT2D eigenvalue weighted by Crippen LogP contribution is -2.22. The number of rotatable bonds is 3. The van der Waals surface area contributed by atoms with Crippen molar-refractivity contribution in [3.63, 3.8) is 0 Å². The molecular formula is C9H9ClN4O2. The Morgan fingerprint density at radius 2 is 2.31 bits per heavy atom. The first-order valence-electron chi connectivity index (χ1n) is 4.55. The van der Waals surface area contributed by atoms with Gasteiger partial charge in [-0.05, 0) is 0 Å². The number of nitrogens with zero attached hydrogens (tertiary/aromatic N) is 3. The molecule has 1 unspecified atom stereocenters. The van der Waals surface area contributed by atoms with E-state index in [1.165, 1.54) is 18.6 Å². The first kappa shape index (κ1) is 10.8. The number of nitrogens with two attached hydrogens (primary N) is 1. The van der Waals surface area contributed by atoms with E-state index in [0.29, 0.717) is 11.3 Å². The number of aliphatic carboxylic acids is 1. The van der Waals surface area contributed by atoms with Crippen LogP contribution in [-0.2, 0) is 4.79 Å². The van der Waals surface area contributed by atoms with Gasteiger partial charge in [-0.2, -0.15) is 0 Å². The highest BCUT2D eigenvalue weighted by atomic mass is 35.5. The molecule has 0 aliphatic carbocycles. The van der Waals surface area contributed by atoms with E-state index in [9.17, 15) is 4.79 Å². The molecule has 0 spiro atoms. The summed E-state index contributed by atoms with van der Waals surface area (Å²) in [4.78, 5) is 18.9. The van der Waals surface area contributed by atoms with Gasteiger partial charge in [0.15, 0.2) is 5.65 Å². The smallest absolute Gasteiger partial charge is 0.313 e. The van der Waals surface area contributed by atoms with Gasteiger partial charge in [-0.25, -0.2) is 9.97 Å². The van der Waals surface area contributed by atoms with E-state index in [2.05, 4.69) is 9.97 Å². The molecule has 0 aliphatic rings. The van der Waals surface area contributed by atoms with Gasteiger partial charge in [0.25, 0.3) is 0 Å². The number of hydrogen-bond donors (Lipinski definition) is 2. The maximum atomic E-state index is 11.0. The fraction of sp³-hybridized carbons (Fsp3) is 0.222. The van der Waals surface area contributed by atoms with Gasteiger partial charge >= 0.3 is 5.97 Å². The average molecular weight is 241 g/mol. The molecule has 0 fully saturated rings. The summed E-state index contributed by atoms with van der Waals surface area (Å²) in [5.41, 5.74) is 6.46. The van der Waals surface area contributed by atoms with Crippen molar-refractivity contribution in [1.29, 1.82) is 0 Å². The first-order chi connectivity index (χ1) is 7.63. The predicted octanol–water partition coefficient (Wildman–Crippen LogP) is 0.510. The molecule has 1 atom stereocenters. The average Bonchev–Trinajstić information content (AvgIpc) is 2.62. The topological polar surface area (TPSA) is 93.5 Å². The van der Waals surface area contributed by atoms with Crippen molar-refractivity contribution in [2.24, 2.45) is 5.73 Å². The Bertz CT molecular complexity index is 539. The summed E-state index contributed by atoms with van der Waals surface area (Å²) < 4.78 is 1.58. The van der Waals surface area contributed by atoms with E-state index < -0.39 is 11.9 Å². The summed E-state index contributed by atoms with van der Waals surface area (Å²) in [6, 6.07) is 0. The van der Waals surface area contributed by atoms with Gasteiger partial charge in [-0.3, -0.25) is 9.20 Å². The van der Waals surface area contributed by atoms with Crippen LogP contribution in [0.25, 0.3) is 5.65 Å². The van der Waals surface area contributed by atoms with Crippen molar-refractivity contribution >= 4 is 23.2 Å². The molecule has 2 rings (SSSR count). The number of carbonyl (C=O) groups is 1. The molecule has 0 aromatic carbocycles. The number of aromatic nitrogens is 3. The van der Waals surface area contributed by atoms with Gasteiger partial charge < -0.3 is 10.8 Å². The summed E-state index contributed by atoms with van der Waals surface area (Å²) in [6.45, 7) is 0.00304. The van der Waals surface area contributed by atoms with Crippen LogP contribution < -0.4 is 5.73 Å². The summed E-state index contributed by atoms with van der Waals surface area (Å²) >= 11 is 5.74. The van der Waals surface area contributed by atoms with Crippen molar-refractivity contribution < 1.29 is 9.90 Å². The summed E-state index contributed by atoms with van der Waals surface area (Å²) in [5, 5.41) is 9.28. The summed E-state index contributed by atoms with van der Waals surface area (Å²) in [5.74, 6) is -1.79. The van der Waals surface area contributed by atoms with E-state index in [-0.39, 0.29) is 11.7 Å². The molecule has 0 amide bonds. The molecule has 0 aliphatic heterocycles. The van der Waals surface area contributed by atoms with Gasteiger partial charge in [0.05, 0.1) is 18.1 Å². The maximum Gasteiger partial charge on any atom is 0.313 e. The zero-order valence-corrected chi connectivity index (χ0v) is 8.92. The normalized spacial score (nSPS) is 12.9. The second-order valence-electron chi connectivity index (χ2n) is 3.25. The molecule has 84 valence electrons. The fourth-order valence-corrected chi connectivity index (χ4v) is 1.64. The van der Waals surface area contributed by atoms with Crippen LogP contribution in [0.2, 0.25) is 5.15 Å². The van der Waals surface area contributed by atoms with Gasteiger partial charge in [0.1, 0.15) is 11.1 Å². The quantitative estimate of drug-likeness (QED) is 0.815. The van der Waals surface area contributed by atoms with Crippen LogP contribution >= 0.6 is 11.6 Å². The fourth-order valence-electron chi connectivity index (χ4n) is 1.49. The van der Waals surface area contributed by atoms with Crippen molar-refractivity contribution in [2.45, 2.75) is 5.92 Å². The van der Waals surface area contributed by atoms with Crippen LogP contribution in [0.1, 0.15) is 11.6 Å². The lowest BCUT2D eigenvalue weighted by atomic mass is 10.1. The third kappa shape index (κ3) is 1.72. The Kier molecular flexibility index (Phi) is 2.76. The molecule has 0 bridgehead atoms. The van der Waals surface area contributed by atoms with Crippen LogP contribution in [0.3, 0.4) is 0 Å². The molecule has 2 aromatic heterocycles. The highest BCUT2D eigenvalue weighted by Gasteiger charge is 2.21. The monoisotopic (exact) mass is 240 g/mol. The van der Waals surface area contributed by atoms with E-state index in [4.69, 9.17) is 22.4 Å². The summed E-state index contributed by atoms with van der Waals surface area (Å²) in [7, 11) is 0. The van der Waals surface area contributed by atoms with Crippen LogP contribution in [0.15, 0.2) is 18.6 Å². The maximum absolute atomic E-state index is 11.0. The lowest BCUT2D eigenvalue weighted by molar-refractivity contribution is -0.138. The molecule has 2 heterocycles. The molecule has 0 saturated heterocycles. The SMILES string of the molecule is NCC(C(=O)O)c1cnc2cnc(Cl)cn12. The highest BCUT2D eigenvalue weighted by molar-refractivity contribution is 6.29. The molecule has 0 radical (unpaired) electrons. The Labute approximate surface area is 95.7 Å². The molecule has 7 heteroatoms. The molecule has 3 N–H and O–H groups in total. The molecule has 0 saturated carbocycles. The largest absolute Gasteiger partial charge is 0.481 e. The summed E-state index contributed by atoms with van der Waals surface area (Å²) in [6.07, 6.45) is 4.46. The van der Waals surface area contributed by atoms with Crippen LogP contribution in [0, 0.1) is 0 Å². The molecule has 16 heavy (non-hydrogen) atoms. The van der Waals surface area contributed by atoms with Crippen LogP contribution in [0.5, 0.6) is 0 Å². The van der Waals surface area contributed by atoms with E-state index in [0.717, 1.165) is 0 Å². The minimum absolute atomic E-state index is 0.00304. The standard InChI is InChI=1S/C9H9ClN4O2/c10-7-4-14-6(5(1-11)9(15)16)2-13-8(14)3-12-7/h2-5H,1,11H2,(H,15,16). The number of imidazole rings is 1. The second-order valence-corrected chi connectivity index (χ2v) is 3.64. The van der Waals surface area contributed by atoms with E-state index in [1.54, 1.807) is 4.40 Å². The van der Waals surface area contributed by atoms with Gasteiger partial charge in [0.2, 0.25) is 0 Å². The Morgan fingerprint density at radius 1 is 1.56 bits per heavy atom. The van der Waals surface area contributed by atoms with Crippen molar-refractivity contribution in [3.05, 3.63) is 29.4 Å². The zero-order chi connectivity index (χ0) is 11.7. The van der Waals surface area contributed by atoms with E-state index >= 15 is 0 Å². The minimum Gasteiger partial charge on any atom is -0.481 e. The number of fused-ring (bicyclic) bond motifs is 1. The molecule has 2 aromatic rings. The van der Waals surface area contributed by atoms with E-state index in [1.807, 2.05) is 0 Å². The zero-order valence-electron chi connectivity index (χ0n) is 8.17.